The molecule has 9 nitrogen and oxygen atoms in total. The minimum atomic E-state index is -5.08. The number of carboxylic acid groups (broad SMARTS) is 3. The number of hydrogen-bond acceptors (Lipinski definition) is 5. The summed E-state index contributed by atoms with van der Waals surface area (Å²) in [5.41, 5.74) is 5.19. The smallest absolute Gasteiger partial charge is 0.481 e. The minimum Gasteiger partial charge on any atom is -0.481 e. The van der Waals surface area contributed by atoms with Gasteiger partial charge in [0.15, 0.2) is 6.17 Å². The number of carbonyl (C=O) groups excluding carboxylic acids is 1. The van der Waals surface area contributed by atoms with Crippen LogP contribution in [0.3, 0.4) is 0 Å². The number of rotatable bonds is 5. The van der Waals surface area contributed by atoms with Crippen LogP contribution in [-0.4, -0.2) is 75.0 Å². The third-order valence-corrected chi connectivity index (χ3v) is 3.80. The van der Waals surface area contributed by atoms with E-state index in [1.807, 2.05) is 0 Å². The lowest BCUT2D eigenvalue weighted by Crippen LogP contribution is -2.51. The molecule has 13 heteroatoms. The van der Waals surface area contributed by atoms with E-state index >= 15 is 0 Å². The quantitative estimate of drug-likeness (QED) is 0.482. The van der Waals surface area contributed by atoms with Gasteiger partial charge in [-0.15, -0.1) is 0 Å². The highest BCUT2D eigenvalue weighted by Gasteiger charge is 2.38. The first-order chi connectivity index (χ1) is 12.2. The van der Waals surface area contributed by atoms with E-state index in [9.17, 15) is 31.9 Å². The second-order valence-electron chi connectivity index (χ2n) is 5.90. The predicted molar refractivity (Wildman–Crippen MR) is 80.3 cm³/mol. The van der Waals surface area contributed by atoms with Gasteiger partial charge in [-0.2, -0.15) is 13.2 Å². The van der Waals surface area contributed by atoms with E-state index in [-0.39, 0.29) is 12.6 Å². The van der Waals surface area contributed by atoms with Crippen molar-refractivity contribution in [2.45, 2.75) is 50.6 Å². The van der Waals surface area contributed by atoms with E-state index in [0.29, 0.717) is 12.8 Å². The van der Waals surface area contributed by atoms with E-state index in [2.05, 4.69) is 0 Å². The van der Waals surface area contributed by atoms with Crippen molar-refractivity contribution >= 4 is 23.8 Å². The number of nitrogens with zero attached hydrogens (tertiary/aromatic N) is 1. The zero-order valence-corrected chi connectivity index (χ0v) is 14.1. The van der Waals surface area contributed by atoms with Crippen molar-refractivity contribution in [3.05, 3.63) is 0 Å². The van der Waals surface area contributed by atoms with Crippen molar-refractivity contribution in [1.29, 1.82) is 0 Å². The summed E-state index contributed by atoms with van der Waals surface area (Å²) >= 11 is 0. The van der Waals surface area contributed by atoms with Gasteiger partial charge >= 0.3 is 24.1 Å². The number of hydrogen-bond donors (Lipinski definition) is 4. The van der Waals surface area contributed by atoms with Gasteiger partial charge in [-0.25, -0.2) is 9.18 Å². The molecule has 1 fully saturated rings. The van der Waals surface area contributed by atoms with Crippen LogP contribution in [0, 0.1) is 5.92 Å². The summed E-state index contributed by atoms with van der Waals surface area (Å²) in [6.07, 6.45) is -6.82. The molecule has 2 unspecified atom stereocenters. The van der Waals surface area contributed by atoms with Gasteiger partial charge < -0.3 is 26.0 Å². The van der Waals surface area contributed by atoms with E-state index < -0.39 is 54.5 Å². The van der Waals surface area contributed by atoms with Gasteiger partial charge in [0.25, 0.3) is 5.91 Å². The molecule has 5 N–H and O–H groups in total. The van der Waals surface area contributed by atoms with E-state index in [4.69, 9.17) is 25.8 Å². The Hall–Kier alpha value is -2.44. The van der Waals surface area contributed by atoms with Gasteiger partial charge in [0.05, 0.1) is 5.92 Å². The van der Waals surface area contributed by atoms with Crippen LogP contribution in [0.2, 0.25) is 0 Å². The maximum Gasteiger partial charge on any atom is 0.490 e. The van der Waals surface area contributed by atoms with Crippen LogP contribution in [0.4, 0.5) is 17.6 Å². The summed E-state index contributed by atoms with van der Waals surface area (Å²) in [6.45, 7) is 1.65. The van der Waals surface area contributed by atoms with Crippen molar-refractivity contribution in [2.24, 2.45) is 11.7 Å². The molecule has 0 aromatic heterocycles. The standard InChI is InChI=1S/C12H19FN2O5.C2HF3O2/c1-6-2-3-7(11(17)18)5-15(6)10(16)8(13)4-9(14)12(19)20;3-2(4,5)1(6)7/h6-9H,2-5,14H2,1H3,(H,17,18)(H,19,20);(H,6,7)/t6?,7?,8-,9-;/m0./s1. The van der Waals surface area contributed by atoms with E-state index in [0.717, 1.165) is 0 Å². The van der Waals surface area contributed by atoms with E-state index in [1.165, 1.54) is 4.90 Å². The first-order valence-corrected chi connectivity index (χ1v) is 7.64. The number of nitrogens with two attached hydrogens (primary N) is 1. The highest BCUT2D eigenvalue weighted by atomic mass is 19.4. The second-order valence-corrected chi connectivity index (χ2v) is 5.90. The summed E-state index contributed by atoms with van der Waals surface area (Å²) in [7, 11) is 0. The Morgan fingerprint density at radius 3 is 2.00 bits per heavy atom. The van der Waals surface area contributed by atoms with Crippen LogP contribution in [0.1, 0.15) is 26.2 Å². The van der Waals surface area contributed by atoms with Crippen molar-refractivity contribution in [3.63, 3.8) is 0 Å². The Morgan fingerprint density at radius 1 is 1.15 bits per heavy atom. The maximum atomic E-state index is 13.8. The molecule has 0 bridgehead atoms. The Labute approximate surface area is 150 Å². The van der Waals surface area contributed by atoms with Crippen LogP contribution in [0.15, 0.2) is 0 Å². The number of aliphatic carboxylic acids is 3. The molecule has 1 rings (SSSR count). The summed E-state index contributed by atoms with van der Waals surface area (Å²) in [5, 5.41) is 24.7. The fourth-order valence-corrected chi connectivity index (χ4v) is 2.22. The zero-order valence-electron chi connectivity index (χ0n) is 14.1. The van der Waals surface area contributed by atoms with Crippen LogP contribution in [0.5, 0.6) is 0 Å². The molecule has 0 saturated carbocycles. The maximum absolute atomic E-state index is 13.8. The van der Waals surface area contributed by atoms with Gasteiger partial charge in [-0.3, -0.25) is 14.4 Å². The average Bonchev–Trinajstić information content (AvgIpc) is 2.53. The molecule has 0 aliphatic carbocycles. The van der Waals surface area contributed by atoms with Gasteiger partial charge in [-0.1, -0.05) is 0 Å². The Balaban J connectivity index is 0.000000821. The molecule has 0 aromatic rings. The Morgan fingerprint density at radius 2 is 1.63 bits per heavy atom. The minimum absolute atomic E-state index is 0.0575. The zero-order chi connectivity index (χ0) is 21.5. The largest absolute Gasteiger partial charge is 0.490 e. The lowest BCUT2D eigenvalue weighted by molar-refractivity contribution is -0.192. The number of likely N-dealkylation sites (tertiary alicyclic amines) is 1. The molecule has 0 aromatic carbocycles. The third kappa shape index (κ3) is 8.19. The summed E-state index contributed by atoms with van der Waals surface area (Å²) in [6, 6.07) is -1.72. The molecule has 1 aliphatic rings. The number of halogens is 4. The number of carbonyl (C=O) groups is 4. The Kier molecular flexibility index (Phi) is 9.13. The highest BCUT2D eigenvalue weighted by molar-refractivity contribution is 5.83. The monoisotopic (exact) mass is 404 g/mol. The molecule has 1 heterocycles. The normalized spacial score (nSPS) is 22.1. The van der Waals surface area contributed by atoms with Gasteiger partial charge in [0.1, 0.15) is 6.04 Å². The SMILES string of the molecule is CC1CCC(C(=O)O)CN1C(=O)[C@@H](F)C[C@H](N)C(=O)O.O=C(O)C(F)(F)F. The first kappa shape index (κ1) is 24.6. The topological polar surface area (TPSA) is 158 Å². The molecule has 27 heavy (non-hydrogen) atoms. The van der Waals surface area contributed by atoms with Crippen LogP contribution in [-0.2, 0) is 19.2 Å². The van der Waals surface area contributed by atoms with E-state index in [1.54, 1.807) is 6.92 Å². The highest BCUT2D eigenvalue weighted by Crippen LogP contribution is 2.24. The van der Waals surface area contributed by atoms with Crippen LogP contribution >= 0.6 is 0 Å². The molecule has 4 atom stereocenters. The fraction of sp³-hybridized carbons (Fsp3) is 0.714. The molecule has 1 amide bonds. The van der Waals surface area contributed by atoms with Crippen molar-refractivity contribution in [1.82, 2.24) is 4.90 Å². The van der Waals surface area contributed by atoms with Crippen molar-refractivity contribution < 1.29 is 52.1 Å². The molecular formula is C14H20F4N2O7. The second kappa shape index (κ2) is 10.0. The number of amides is 1. The average molecular weight is 404 g/mol. The molecule has 1 aliphatic heterocycles. The fourth-order valence-electron chi connectivity index (χ4n) is 2.22. The molecule has 0 spiro atoms. The molecule has 156 valence electrons. The lowest BCUT2D eigenvalue weighted by atomic mass is 9.93. The van der Waals surface area contributed by atoms with Crippen molar-refractivity contribution in [2.75, 3.05) is 6.54 Å². The molecule has 1 saturated heterocycles. The predicted octanol–water partition coefficient (Wildman–Crippen LogP) is 0.472. The van der Waals surface area contributed by atoms with Crippen LogP contribution in [0.25, 0.3) is 0 Å². The van der Waals surface area contributed by atoms with Crippen LogP contribution < -0.4 is 5.73 Å². The van der Waals surface area contributed by atoms with Gasteiger partial charge in [0, 0.05) is 19.0 Å². The molecular weight excluding hydrogens is 384 g/mol. The summed E-state index contributed by atoms with van der Waals surface area (Å²) in [5.74, 6) is -6.76. The third-order valence-electron chi connectivity index (χ3n) is 3.80. The number of carboxylic acids is 3. The summed E-state index contributed by atoms with van der Waals surface area (Å²) < 4.78 is 45.5. The number of alkyl halides is 4. The summed E-state index contributed by atoms with van der Waals surface area (Å²) in [4.78, 5) is 43.5. The number of piperidine rings is 1. The van der Waals surface area contributed by atoms with Gasteiger partial charge in [-0.05, 0) is 19.8 Å². The van der Waals surface area contributed by atoms with Crippen molar-refractivity contribution in [3.8, 4) is 0 Å². The van der Waals surface area contributed by atoms with Gasteiger partial charge in [0.2, 0.25) is 0 Å². The first-order valence-electron chi connectivity index (χ1n) is 7.64. The Bertz CT molecular complexity index is 570. The molecule has 0 radical (unpaired) electrons. The lowest BCUT2D eigenvalue weighted by Gasteiger charge is -2.37.